The van der Waals surface area contributed by atoms with E-state index in [9.17, 15) is 14.0 Å². The minimum absolute atomic E-state index is 0.0187. The van der Waals surface area contributed by atoms with Crippen LogP contribution in [0.25, 0.3) is 15.9 Å². The van der Waals surface area contributed by atoms with Crippen LogP contribution in [0.4, 0.5) is 4.39 Å². The summed E-state index contributed by atoms with van der Waals surface area (Å²) in [4.78, 5) is 27.9. The van der Waals surface area contributed by atoms with Crippen LogP contribution < -0.4 is 5.32 Å². The Balaban J connectivity index is 1.91. The van der Waals surface area contributed by atoms with Crippen molar-refractivity contribution >= 4 is 33.4 Å². The highest BCUT2D eigenvalue weighted by Gasteiger charge is 2.22. The van der Waals surface area contributed by atoms with Crippen molar-refractivity contribution in [2.24, 2.45) is 0 Å². The Morgan fingerprint density at radius 3 is 2.57 bits per heavy atom. The van der Waals surface area contributed by atoms with Gasteiger partial charge >= 0.3 is 0 Å². The molecule has 0 atom stereocenters. The summed E-state index contributed by atoms with van der Waals surface area (Å²) >= 11 is 1.32. The molecule has 0 saturated carbocycles. The summed E-state index contributed by atoms with van der Waals surface area (Å²) < 4.78 is 14.9. The number of carbonyl (C=O) groups excluding carboxylic acids is 2. The zero-order chi connectivity index (χ0) is 20.4. The predicted molar refractivity (Wildman–Crippen MR) is 108 cm³/mol. The quantitative estimate of drug-likeness (QED) is 0.686. The molecule has 28 heavy (non-hydrogen) atoms. The normalized spacial score (nSPS) is 11.2. The first-order valence-electron chi connectivity index (χ1n) is 9.14. The zero-order valence-corrected chi connectivity index (χ0v) is 17.1. The summed E-state index contributed by atoms with van der Waals surface area (Å²) in [5.41, 5.74) is 1.51. The monoisotopic (exact) mass is 402 g/mol. The summed E-state index contributed by atoms with van der Waals surface area (Å²) in [7, 11) is 0. The SMILES string of the molecule is CCN(CC(=O)NC(C)C)C(=O)c1cc2c(C)nn(-c3ccc(F)cc3)c2s1. The number of amides is 2. The molecule has 1 aromatic carbocycles. The highest BCUT2D eigenvalue weighted by Crippen LogP contribution is 2.31. The fraction of sp³-hybridized carbons (Fsp3) is 0.350. The molecule has 0 saturated heterocycles. The Hall–Kier alpha value is -2.74. The van der Waals surface area contributed by atoms with E-state index in [1.165, 1.54) is 28.4 Å². The lowest BCUT2D eigenvalue weighted by Crippen LogP contribution is -2.42. The molecule has 3 rings (SSSR count). The molecule has 2 aromatic heterocycles. The van der Waals surface area contributed by atoms with Crippen LogP contribution in [0, 0.1) is 12.7 Å². The van der Waals surface area contributed by atoms with E-state index < -0.39 is 0 Å². The predicted octanol–water partition coefficient (Wildman–Crippen LogP) is 3.52. The van der Waals surface area contributed by atoms with Gasteiger partial charge in [0.1, 0.15) is 10.6 Å². The molecule has 0 aliphatic carbocycles. The molecule has 0 fully saturated rings. The number of likely N-dealkylation sites (N-methyl/N-ethyl adjacent to an activating group) is 1. The first kappa shape index (κ1) is 20.0. The largest absolute Gasteiger partial charge is 0.352 e. The molecule has 0 bridgehead atoms. The lowest BCUT2D eigenvalue weighted by Gasteiger charge is -2.20. The van der Waals surface area contributed by atoms with Crippen molar-refractivity contribution in [3.63, 3.8) is 0 Å². The Morgan fingerprint density at radius 1 is 1.29 bits per heavy atom. The topological polar surface area (TPSA) is 67.2 Å². The van der Waals surface area contributed by atoms with Crippen LogP contribution >= 0.6 is 11.3 Å². The standard InChI is InChI=1S/C20H23FN4O2S/c1-5-24(11-18(26)22-12(2)3)19(27)17-10-16-13(4)23-25(20(16)28-17)15-8-6-14(21)7-9-15/h6-10,12H,5,11H2,1-4H3,(H,22,26). The third kappa shape index (κ3) is 4.06. The minimum Gasteiger partial charge on any atom is -0.352 e. The van der Waals surface area contributed by atoms with Crippen molar-refractivity contribution in [3.05, 3.63) is 46.7 Å². The lowest BCUT2D eigenvalue weighted by atomic mass is 10.3. The number of nitrogens with zero attached hydrogens (tertiary/aromatic N) is 3. The van der Waals surface area contributed by atoms with Crippen molar-refractivity contribution in [1.82, 2.24) is 20.0 Å². The number of aryl methyl sites for hydroxylation is 1. The van der Waals surface area contributed by atoms with Crippen LogP contribution in [-0.4, -0.2) is 45.6 Å². The number of hydrogen-bond donors (Lipinski definition) is 1. The number of halogens is 1. The Labute approximate surface area is 167 Å². The van der Waals surface area contributed by atoms with Gasteiger partial charge in [-0.15, -0.1) is 11.3 Å². The molecule has 0 radical (unpaired) electrons. The van der Waals surface area contributed by atoms with Crippen LogP contribution in [0.5, 0.6) is 0 Å². The minimum atomic E-state index is -0.316. The fourth-order valence-electron chi connectivity index (χ4n) is 2.93. The first-order valence-corrected chi connectivity index (χ1v) is 9.95. The number of carbonyl (C=O) groups is 2. The number of hydrogen-bond acceptors (Lipinski definition) is 4. The van der Waals surface area contributed by atoms with Gasteiger partial charge in [0.25, 0.3) is 5.91 Å². The molecule has 3 aromatic rings. The van der Waals surface area contributed by atoms with Crippen molar-refractivity contribution in [2.75, 3.05) is 13.1 Å². The number of rotatable bonds is 6. The number of benzene rings is 1. The molecule has 2 heterocycles. The number of fused-ring (bicyclic) bond motifs is 1. The summed E-state index contributed by atoms with van der Waals surface area (Å²) in [6.45, 7) is 7.93. The highest BCUT2D eigenvalue weighted by molar-refractivity contribution is 7.20. The van der Waals surface area contributed by atoms with Gasteiger partial charge in [-0.3, -0.25) is 9.59 Å². The molecule has 8 heteroatoms. The molecule has 0 aliphatic heterocycles. The van der Waals surface area contributed by atoms with E-state index in [0.29, 0.717) is 11.4 Å². The third-order valence-electron chi connectivity index (χ3n) is 4.28. The average molecular weight is 402 g/mol. The first-order chi connectivity index (χ1) is 13.3. The van der Waals surface area contributed by atoms with Crippen molar-refractivity contribution < 1.29 is 14.0 Å². The van der Waals surface area contributed by atoms with E-state index >= 15 is 0 Å². The van der Waals surface area contributed by atoms with E-state index in [-0.39, 0.29) is 30.2 Å². The van der Waals surface area contributed by atoms with Gasteiger partial charge in [-0.05, 0) is 58.0 Å². The van der Waals surface area contributed by atoms with Gasteiger partial charge in [0.2, 0.25) is 5.91 Å². The van der Waals surface area contributed by atoms with Gasteiger partial charge < -0.3 is 10.2 Å². The third-order valence-corrected chi connectivity index (χ3v) is 5.38. The molecule has 0 unspecified atom stereocenters. The summed E-state index contributed by atoms with van der Waals surface area (Å²) in [6.07, 6.45) is 0. The van der Waals surface area contributed by atoms with Crippen LogP contribution in [0.3, 0.4) is 0 Å². The number of aromatic nitrogens is 2. The van der Waals surface area contributed by atoms with Crippen LogP contribution in [0.15, 0.2) is 30.3 Å². The number of nitrogens with one attached hydrogen (secondary N) is 1. The second kappa shape index (κ2) is 8.10. The number of thiophene rings is 1. The van der Waals surface area contributed by atoms with E-state index in [2.05, 4.69) is 10.4 Å². The Morgan fingerprint density at radius 2 is 1.96 bits per heavy atom. The molecule has 6 nitrogen and oxygen atoms in total. The van der Waals surface area contributed by atoms with E-state index in [1.807, 2.05) is 33.8 Å². The van der Waals surface area contributed by atoms with Gasteiger partial charge in [0, 0.05) is 18.0 Å². The van der Waals surface area contributed by atoms with E-state index in [4.69, 9.17) is 0 Å². The molecule has 0 aliphatic rings. The molecule has 1 N–H and O–H groups in total. The van der Waals surface area contributed by atoms with Crippen LogP contribution in [0.2, 0.25) is 0 Å². The fourth-order valence-corrected chi connectivity index (χ4v) is 4.08. The van der Waals surface area contributed by atoms with E-state index in [0.717, 1.165) is 21.6 Å². The second-order valence-electron chi connectivity index (χ2n) is 6.84. The highest BCUT2D eigenvalue weighted by atomic mass is 32.1. The maximum absolute atomic E-state index is 13.2. The molecular formula is C20H23FN4O2S. The summed E-state index contributed by atoms with van der Waals surface area (Å²) in [5, 5.41) is 8.19. The van der Waals surface area contributed by atoms with Gasteiger partial charge in [0.05, 0.1) is 22.8 Å². The van der Waals surface area contributed by atoms with Crippen LogP contribution in [-0.2, 0) is 4.79 Å². The Kier molecular flexibility index (Phi) is 5.79. The van der Waals surface area contributed by atoms with Gasteiger partial charge in [-0.25, -0.2) is 9.07 Å². The van der Waals surface area contributed by atoms with Crippen molar-refractivity contribution in [1.29, 1.82) is 0 Å². The smallest absolute Gasteiger partial charge is 0.264 e. The van der Waals surface area contributed by atoms with Crippen molar-refractivity contribution in [3.8, 4) is 5.69 Å². The van der Waals surface area contributed by atoms with Gasteiger partial charge in [-0.2, -0.15) is 5.10 Å². The van der Waals surface area contributed by atoms with Crippen molar-refractivity contribution in [2.45, 2.75) is 33.7 Å². The second-order valence-corrected chi connectivity index (χ2v) is 7.88. The maximum Gasteiger partial charge on any atom is 0.264 e. The van der Waals surface area contributed by atoms with E-state index in [1.54, 1.807) is 16.8 Å². The zero-order valence-electron chi connectivity index (χ0n) is 16.3. The molecule has 0 spiro atoms. The van der Waals surface area contributed by atoms with Crippen LogP contribution in [0.1, 0.15) is 36.1 Å². The van der Waals surface area contributed by atoms with Gasteiger partial charge in [-0.1, -0.05) is 0 Å². The molecule has 2 amide bonds. The Bertz CT molecular complexity index is 1010. The summed E-state index contributed by atoms with van der Waals surface area (Å²) in [5.74, 6) is -0.683. The molecule has 148 valence electrons. The van der Waals surface area contributed by atoms with Gasteiger partial charge in [0.15, 0.2) is 0 Å². The lowest BCUT2D eigenvalue weighted by molar-refractivity contribution is -0.122. The maximum atomic E-state index is 13.2. The summed E-state index contributed by atoms with van der Waals surface area (Å²) in [6, 6.07) is 7.89. The average Bonchev–Trinajstić information content (AvgIpc) is 3.20. The molecular weight excluding hydrogens is 379 g/mol.